The first-order chi connectivity index (χ1) is 9.89. The van der Waals surface area contributed by atoms with Crippen LogP contribution in [0.4, 0.5) is 13.2 Å². The van der Waals surface area contributed by atoms with Crippen LogP contribution in [0.3, 0.4) is 0 Å². The molecule has 1 heterocycles. The Balaban J connectivity index is 2.07. The van der Waals surface area contributed by atoms with E-state index in [9.17, 15) is 13.2 Å². The van der Waals surface area contributed by atoms with Crippen LogP contribution in [0.1, 0.15) is 42.5 Å². The second-order valence-electron chi connectivity index (χ2n) is 5.76. The van der Waals surface area contributed by atoms with Crippen molar-refractivity contribution in [3.63, 3.8) is 0 Å². The van der Waals surface area contributed by atoms with E-state index >= 15 is 0 Å². The molecule has 0 fully saturated rings. The van der Waals surface area contributed by atoms with Gasteiger partial charge in [0.1, 0.15) is 12.2 Å². The highest BCUT2D eigenvalue weighted by atomic mass is 19.4. The molecule has 0 aliphatic heterocycles. The summed E-state index contributed by atoms with van der Waals surface area (Å²) in [5.41, 5.74) is 2.57. The lowest BCUT2D eigenvalue weighted by Crippen LogP contribution is -2.29. The van der Waals surface area contributed by atoms with Crippen LogP contribution >= 0.6 is 0 Å². The van der Waals surface area contributed by atoms with Crippen LogP contribution in [-0.2, 0) is 19.3 Å². The van der Waals surface area contributed by atoms with E-state index in [1.807, 2.05) is 0 Å². The normalized spacial score (nSPS) is 18.6. The van der Waals surface area contributed by atoms with Gasteiger partial charge in [0.05, 0.1) is 0 Å². The standard InChI is InChI=1S/C15H22F3N3/c1-3-6-19-9-11-4-5-13-12(7-11)10(2)20-14(21-13)8-15(16,17)18/h11,19H,3-9H2,1-2H3. The quantitative estimate of drug-likeness (QED) is 0.850. The predicted molar refractivity (Wildman–Crippen MR) is 75.2 cm³/mol. The fourth-order valence-corrected chi connectivity index (χ4v) is 2.84. The van der Waals surface area contributed by atoms with Crippen molar-refractivity contribution in [1.82, 2.24) is 15.3 Å². The highest BCUT2D eigenvalue weighted by Crippen LogP contribution is 2.27. The summed E-state index contributed by atoms with van der Waals surface area (Å²) < 4.78 is 37.4. The maximum atomic E-state index is 12.5. The van der Waals surface area contributed by atoms with Gasteiger partial charge in [-0.3, -0.25) is 0 Å². The van der Waals surface area contributed by atoms with Crippen LogP contribution in [-0.4, -0.2) is 29.2 Å². The molecule has 2 rings (SSSR count). The van der Waals surface area contributed by atoms with Gasteiger partial charge in [0, 0.05) is 11.4 Å². The third-order valence-electron chi connectivity index (χ3n) is 3.85. The molecule has 1 aromatic heterocycles. The first kappa shape index (κ1) is 16.2. The van der Waals surface area contributed by atoms with E-state index < -0.39 is 12.6 Å². The van der Waals surface area contributed by atoms with E-state index in [4.69, 9.17) is 0 Å². The number of nitrogens with one attached hydrogen (secondary N) is 1. The molecule has 1 aliphatic carbocycles. The van der Waals surface area contributed by atoms with Gasteiger partial charge in [-0.1, -0.05) is 6.92 Å². The van der Waals surface area contributed by atoms with E-state index in [-0.39, 0.29) is 5.82 Å². The molecule has 1 aromatic rings. The van der Waals surface area contributed by atoms with Gasteiger partial charge in [-0.25, -0.2) is 9.97 Å². The lowest BCUT2D eigenvalue weighted by Gasteiger charge is -2.25. The second kappa shape index (κ2) is 6.73. The molecule has 1 N–H and O–H groups in total. The average molecular weight is 301 g/mol. The van der Waals surface area contributed by atoms with Crippen LogP contribution < -0.4 is 5.32 Å². The molecule has 0 saturated heterocycles. The minimum atomic E-state index is -4.25. The summed E-state index contributed by atoms with van der Waals surface area (Å²) in [6.45, 7) is 5.88. The molecule has 118 valence electrons. The van der Waals surface area contributed by atoms with Crippen molar-refractivity contribution in [2.75, 3.05) is 13.1 Å². The monoisotopic (exact) mass is 301 g/mol. The predicted octanol–water partition coefficient (Wildman–Crippen LogP) is 2.99. The summed E-state index contributed by atoms with van der Waals surface area (Å²) in [6.07, 6.45) is -1.59. The van der Waals surface area contributed by atoms with Crippen molar-refractivity contribution in [3.05, 3.63) is 22.8 Å². The molecule has 1 atom stereocenters. The molecule has 21 heavy (non-hydrogen) atoms. The van der Waals surface area contributed by atoms with Gasteiger partial charge in [0.2, 0.25) is 0 Å². The number of hydrogen-bond donors (Lipinski definition) is 1. The Bertz CT molecular complexity index is 486. The van der Waals surface area contributed by atoms with Crippen LogP contribution in [0.2, 0.25) is 0 Å². The molecule has 0 amide bonds. The first-order valence-corrected chi connectivity index (χ1v) is 7.51. The number of hydrogen-bond acceptors (Lipinski definition) is 3. The molecule has 0 radical (unpaired) electrons. The summed E-state index contributed by atoms with van der Waals surface area (Å²) in [5, 5.41) is 3.41. The Kier molecular flexibility index (Phi) is 5.19. The summed E-state index contributed by atoms with van der Waals surface area (Å²) in [7, 11) is 0. The van der Waals surface area contributed by atoms with Crippen molar-refractivity contribution in [2.45, 2.75) is 52.1 Å². The zero-order chi connectivity index (χ0) is 15.5. The number of aromatic nitrogens is 2. The third kappa shape index (κ3) is 4.66. The Morgan fingerprint density at radius 2 is 2.05 bits per heavy atom. The first-order valence-electron chi connectivity index (χ1n) is 7.51. The zero-order valence-corrected chi connectivity index (χ0v) is 12.6. The Labute approximate surface area is 123 Å². The number of aryl methyl sites for hydroxylation is 2. The molecule has 0 saturated carbocycles. The molecular weight excluding hydrogens is 279 g/mol. The van der Waals surface area contributed by atoms with Crippen LogP contribution in [0.5, 0.6) is 0 Å². The molecule has 0 spiro atoms. The maximum absolute atomic E-state index is 12.5. The summed E-state index contributed by atoms with van der Waals surface area (Å²) in [4.78, 5) is 8.19. The Morgan fingerprint density at radius 1 is 1.29 bits per heavy atom. The van der Waals surface area contributed by atoms with Crippen LogP contribution in [0.25, 0.3) is 0 Å². The van der Waals surface area contributed by atoms with Gasteiger partial charge in [0.15, 0.2) is 0 Å². The summed E-state index contributed by atoms with van der Waals surface area (Å²) in [5.74, 6) is 0.432. The van der Waals surface area contributed by atoms with Crippen LogP contribution in [0.15, 0.2) is 0 Å². The number of fused-ring (bicyclic) bond motifs is 1. The van der Waals surface area contributed by atoms with E-state index in [1.165, 1.54) is 0 Å². The van der Waals surface area contributed by atoms with Gasteiger partial charge >= 0.3 is 6.18 Å². The number of rotatable bonds is 5. The minimum absolute atomic E-state index is 0.0960. The van der Waals surface area contributed by atoms with Crippen molar-refractivity contribution in [3.8, 4) is 0 Å². The fourth-order valence-electron chi connectivity index (χ4n) is 2.84. The highest BCUT2D eigenvalue weighted by molar-refractivity contribution is 5.28. The number of alkyl halides is 3. The number of halogens is 3. The smallest absolute Gasteiger partial charge is 0.316 e. The van der Waals surface area contributed by atoms with E-state index in [0.717, 1.165) is 50.0 Å². The molecule has 1 unspecified atom stereocenters. The molecule has 0 aromatic carbocycles. The van der Waals surface area contributed by atoms with E-state index in [2.05, 4.69) is 22.2 Å². The van der Waals surface area contributed by atoms with Crippen molar-refractivity contribution < 1.29 is 13.2 Å². The molecule has 6 heteroatoms. The van der Waals surface area contributed by atoms with Gasteiger partial charge in [-0.2, -0.15) is 13.2 Å². The number of nitrogens with zero attached hydrogens (tertiary/aromatic N) is 2. The molecule has 3 nitrogen and oxygen atoms in total. The largest absolute Gasteiger partial charge is 0.396 e. The van der Waals surface area contributed by atoms with Crippen LogP contribution in [0, 0.1) is 12.8 Å². The van der Waals surface area contributed by atoms with Gasteiger partial charge in [-0.05, 0) is 57.2 Å². The second-order valence-corrected chi connectivity index (χ2v) is 5.76. The summed E-state index contributed by atoms with van der Waals surface area (Å²) >= 11 is 0. The van der Waals surface area contributed by atoms with Gasteiger partial charge in [0.25, 0.3) is 0 Å². The Morgan fingerprint density at radius 3 is 2.71 bits per heavy atom. The SMILES string of the molecule is CCCNCC1CCc2nc(CC(F)(F)F)nc(C)c2C1. The van der Waals surface area contributed by atoms with Crippen molar-refractivity contribution in [2.24, 2.45) is 5.92 Å². The maximum Gasteiger partial charge on any atom is 0.396 e. The molecule has 1 aliphatic rings. The average Bonchev–Trinajstić information content (AvgIpc) is 2.38. The zero-order valence-electron chi connectivity index (χ0n) is 12.6. The highest BCUT2D eigenvalue weighted by Gasteiger charge is 2.31. The van der Waals surface area contributed by atoms with Gasteiger partial charge < -0.3 is 5.32 Å². The topological polar surface area (TPSA) is 37.8 Å². The Hall–Kier alpha value is -1.17. The molecular formula is C15H22F3N3. The van der Waals surface area contributed by atoms with Crippen molar-refractivity contribution >= 4 is 0 Å². The van der Waals surface area contributed by atoms with E-state index in [0.29, 0.717) is 11.6 Å². The van der Waals surface area contributed by atoms with Crippen molar-refractivity contribution in [1.29, 1.82) is 0 Å². The third-order valence-corrected chi connectivity index (χ3v) is 3.85. The fraction of sp³-hybridized carbons (Fsp3) is 0.733. The molecule has 0 bridgehead atoms. The van der Waals surface area contributed by atoms with Gasteiger partial charge in [-0.15, -0.1) is 0 Å². The lowest BCUT2D eigenvalue weighted by atomic mass is 9.85. The minimum Gasteiger partial charge on any atom is -0.316 e. The van der Waals surface area contributed by atoms with E-state index in [1.54, 1.807) is 6.92 Å². The lowest BCUT2D eigenvalue weighted by molar-refractivity contribution is -0.128. The summed E-state index contributed by atoms with van der Waals surface area (Å²) in [6, 6.07) is 0.